The highest BCUT2D eigenvalue weighted by Crippen LogP contribution is 2.46. The van der Waals surface area contributed by atoms with E-state index in [1.54, 1.807) is 19.2 Å². The van der Waals surface area contributed by atoms with Crippen molar-refractivity contribution in [2.75, 3.05) is 14.2 Å². The van der Waals surface area contributed by atoms with Gasteiger partial charge in [0.25, 0.3) is 5.91 Å². The number of nitrogens with one attached hydrogen (secondary N) is 1. The summed E-state index contributed by atoms with van der Waals surface area (Å²) in [7, 11) is 3.00. The van der Waals surface area contributed by atoms with Gasteiger partial charge in [-0.15, -0.1) is 0 Å². The Bertz CT molecular complexity index is 949. The number of carbonyl (C=O) groups excluding carboxylic acids is 3. The van der Waals surface area contributed by atoms with E-state index in [1.165, 1.54) is 14.0 Å². The van der Waals surface area contributed by atoms with Crippen LogP contribution in [-0.4, -0.2) is 38.2 Å². The monoisotopic (exact) mass is 453 g/mol. The molecule has 0 heterocycles. The lowest BCUT2D eigenvalue weighted by molar-refractivity contribution is -0.160. The number of benzene rings is 2. The zero-order valence-electron chi connectivity index (χ0n) is 19.3. The summed E-state index contributed by atoms with van der Waals surface area (Å²) < 4.78 is 14.9. The van der Waals surface area contributed by atoms with Crippen molar-refractivity contribution >= 4 is 17.8 Å². The lowest BCUT2D eigenvalue weighted by atomic mass is 9.80. The van der Waals surface area contributed by atoms with Crippen molar-refractivity contribution in [1.82, 2.24) is 5.32 Å². The van der Waals surface area contributed by atoms with Crippen LogP contribution in [-0.2, 0) is 24.6 Å². The summed E-state index contributed by atoms with van der Waals surface area (Å²) in [4.78, 5) is 35.6. The molecule has 0 bridgehead atoms. The van der Waals surface area contributed by atoms with Crippen molar-refractivity contribution in [2.24, 2.45) is 5.92 Å². The van der Waals surface area contributed by atoms with Crippen molar-refractivity contribution in [2.45, 2.75) is 50.7 Å². The second-order valence-corrected chi connectivity index (χ2v) is 8.38. The summed E-state index contributed by atoms with van der Waals surface area (Å²) in [5.41, 5.74) is 0.998. The zero-order chi connectivity index (χ0) is 23.8. The Morgan fingerprint density at radius 1 is 0.970 bits per heavy atom. The van der Waals surface area contributed by atoms with Gasteiger partial charge in [0.05, 0.1) is 25.3 Å². The summed E-state index contributed by atoms with van der Waals surface area (Å²) in [6, 6.07) is 16.7. The molecule has 2 aliphatic carbocycles. The van der Waals surface area contributed by atoms with E-state index in [0.29, 0.717) is 5.56 Å². The quantitative estimate of drug-likeness (QED) is 0.637. The van der Waals surface area contributed by atoms with E-state index in [4.69, 9.17) is 14.2 Å². The van der Waals surface area contributed by atoms with Gasteiger partial charge < -0.3 is 19.5 Å². The minimum atomic E-state index is -0.710. The van der Waals surface area contributed by atoms with E-state index >= 15 is 0 Å². The highest BCUT2D eigenvalue weighted by Gasteiger charge is 2.48. The predicted molar refractivity (Wildman–Crippen MR) is 123 cm³/mol. The number of hydrogen-bond donors (Lipinski definition) is 1. The van der Waals surface area contributed by atoms with Crippen LogP contribution in [0.25, 0.3) is 0 Å². The number of rotatable bonds is 7. The average Bonchev–Trinajstić information content (AvgIpc) is 3.58. The first-order chi connectivity index (χ1) is 15.9. The van der Waals surface area contributed by atoms with E-state index in [2.05, 4.69) is 5.32 Å². The molecule has 0 aromatic heterocycles. The van der Waals surface area contributed by atoms with Gasteiger partial charge in [0.1, 0.15) is 5.75 Å². The Hall–Kier alpha value is -3.35. The molecule has 2 fully saturated rings. The Morgan fingerprint density at radius 2 is 1.61 bits per heavy atom. The zero-order valence-corrected chi connectivity index (χ0v) is 19.3. The highest BCUT2D eigenvalue weighted by atomic mass is 16.5. The van der Waals surface area contributed by atoms with Crippen LogP contribution in [0, 0.1) is 5.92 Å². The molecule has 1 N–H and O–H groups in total. The molecular weight excluding hydrogens is 422 g/mol. The molecule has 1 atom stereocenters. The molecule has 33 heavy (non-hydrogen) atoms. The van der Waals surface area contributed by atoms with E-state index in [1.807, 2.05) is 42.5 Å². The lowest BCUT2D eigenvalue weighted by Gasteiger charge is -2.33. The minimum Gasteiger partial charge on any atom is -0.497 e. The third-order valence-electron chi connectivity index (χ3n) is 6.08. The Labute approximate surface area is 194 Å². The predicted octanol–water partition coefficient (Wildman–Crippen LogP) is 4.01. The number of hydrogen-bond acceptors (Lipinski definition) is 6. The van der Waals surface area contributed by atoms with Crippen LogP contribution in [0.1, 0.15) is 54.9 Å². The first-order valence-corrected chi connectivity index (χ1v) is 11.2. The fraction of sp³-hybridized carbons (Fsp3) is 0.423. The molecule has 1 amide bonds. The number of esters is 2. The summed E-state index contributed by atoms with van der Waals surface area (Å²) in [5.74, 6) is -0.0250. The van der Waals surface area contributed by atoms with Gasteiger partial charge in [0.2, 0.25) is 0 Å². The van der Waals surface area contributed by atoms with Gasteiger partial charge in [-0.25, -0.2) is 4.79 Å². The molecule has 7 nitrogen and oxygen atoms in total. The molecule has 2 aliphatic rings. The maximum atomic E-state index is 12.7. The van der Waals surface area contributed by atoms with Crippen LogP contribution in [0.5, 0.6) is 5.75 Å². The molecule has 0 radical (unpaired) electrons. The Morgan fingerprint density at radius 3 is 2.03 bits per heavy atom. The SMILES string of the molecule is COC(=O)c1ccc(C2(NC(=O)C(OC(C)=O)C3CCC3)CC2)cc1.COc1ccccc1. The van der Waals surface area contributed by atoms with Gasteiger partial charge >= 0.3 is 11.9 Å². The van der Waals surface area contributed by atoms with E-state index in [9.17, 15) is 14.4 Å². The van der Waals surface area contributed by atoms with Gasteiger partial charge in [-0.05, 0) is 55.5 Å². The third-order valence-corrected chi connectivity index (χ3v) is 6.08. The van der Waals surface area contributed by atoms with Gasteiger partial charge in [-0.1, -0.05) is 36.8 Å². The van der Waals surface area contributed by atoms with Gasteiger partial charge in [-0.2, -0.15) is 0 Å². The van der Waals surface area contributed by atoms with Crippen molar-refractivity contribution < 1.29 is 28.6 Å². The minimum absolute atomic E-state index is 0.112. The van der Waals surface area contributed by atoms with Crippen LogP contribution in [0.15, 0.2) is 54.6 Å². The van der Waals surface area contributed by atoms with Crippen LogP contribution in [0.2, 0.25) is 0 Å². The normalized spacial score (nSPS) is 16.7. The molecule has 2 saturated carbocycles. The third kappa shape index (κ3) is 6.34. The first kappa shape index (κ1) is 24.3. The molecule has 2 aromatic rings. The number of ether oxygens (including phenoxy) is 3. The molecule has 176 valence electrons. The lowest BCUT2D eigenvalue weighted by Crippen LogP contribution is -2.48. The Kier molecular flexibility index (Phi) is 8.09. The smallest absolute Gasteiger partial charge is 0.337 e. The standard InChI is InChI=1S/C19H23NO5.C7H8O/c1-12(21)25-16(13-4-3-5-13)17(22)20-19(10-11-19)15-8-6-14(7-9-15)18(23)24-2;1-8-7-5-3-2-4-6-7/h6-9,13,16H,3-5,10-11H2,1-2H3,(H,20,22);2-6H,1H3. The maximum absolute atomic E-state index is 12.7. The van der Waals surface area contributed by atoms with Crippen LogP contribution in [0.4, 0.5) is 0 Å². The van der Waals surface area contributed by atoms with Crippen molar-refractivity contribution in [1.29, 1.82) is 0 Å². The molecule has 0 saturated heterocycles. The molecular formula is C26H31NO6. The summed E-state index contributed by atoms with van der Waals surface area (Å²) >= 11 is 0. The summed E-state index contributed by atoms with van der Waals surface area (Å²) in [6.07, 6.45) is 3.83. The number of carbonyl (C=O) groups is 3. The van der Waals surface area contributed by atoms with Crippen molar-refractivity contribution in [3.05, 3.63) is 65.7 Å². The molecule has 0 aliphatic heterocycles. The summed E-state index contributed by atoms with van der Waals surface area (Å²) in [6.45, 7) is 1.33. The van der Waals surface area contributed by atoms with Gasteiger partial charge in [-0.3, -0.25) is 9.59 Å². The molecule has 1 unspecified atom stereocenters. The van der Waals surface area contributed by atoms with Gasteiger partial charge in [0, 0.05) is 12.8 Å². The van der Waals surface area contributed by atoms with E-state index < -0.39 is 17.6 Å². The molecule has 7 heteroatoms. The largest absolute Gasteiger partial charge is 0.497 e. The van der Waals surface area contributed by atoms with E-state index in [0.717, 1.165) is 43.4 Å². The second kappa shape index (κ2) is 11.0. The highest BCUT2D eigenvalue weighted by molar-refractivity contribution is 5.89. The van der Waals surface area contributed by atoms with E-state index in [-0.39, 0.29) is 17.8 Å². The molecule has 0 spiro atoms. The van der Waals surface area contributed by atoms with Crippen LogP contribution in [0.3, 0.4) is 0 Å². The Balaban J connectivity index is 0.000000323. The van der Waals surface area contributed by atoms with Gasteiger partial charge in [0.15, 0.2) is 6.10 Å². The molecule has 4 rings (SSSR count). The number of amides is 1. The maximum Gasteiger partial charge on any atom is 0.337 e. The molecule has 2 aromatic carbocycles. The van der Waals surface area contributed by atoms with Crippen LogP contribution < -0.4 is 10.1 Å². The van der Waals surface area contributed by atoms with Crippen molar-refractivity contribution in [3.8, 4) is 5.75 Å². The average molecular weight is 454 g/mol. The fourth-order valence-electron chi connectivity index (χ4n) is 3.80. The fourth-order valence-corrected chi connectivity index (χ4v) is 3.80. The van der Waals surface area contributed by atoms with Crippen LogP contribution >= 0.6 is 0 Å². The summed E-state index contributed by atoms with van der Waals surface area (Å²) in [5, 5.41) is 3.07. The number of para-hydroxylation sites is 1. The number of methoxy groups -OCH3 is 2. The topological polar surface area (TPSA) is 90.9 Å². The second-order valence-electron chi connectivity index (χ2n) is 8.38. The first-order valence-electron chi connectivity index (χ1n) is 11.2. The van der Waals surface area contributed by atoms with Crippen molar-refractivity contribution in [3.63, 3.8) is 0 Å².